The van der Waals surface area contributed by atoms with Crippen molar-refractivity contribution in [3.63, 3.8) is 0 Å². The Morgan fingerprint density at radius 2 is 2.00 bits per heavy atom. The molecule has 3 aliphatic heterocycles. The van der Waals surface area contributed by atoms with E-state index in [0.717, 1.165) is 29.8 Å². The summed E-state index contributed by atoms with van der Waals surface area (Å²) >= 11 is 0. The highest BCUT2D eigenvalue weighted by Crippen LogP contribution is 2.34. The van der Waals surface area contributed by atoms with Gasteiger partial charge in [-0.1, -0.05) is 13.8 Å². The van der Waals surface area contributed by atoms with Gasteiger partial charge in [0.05, 0.1) is 0 Å². The molecule has 0 saturated carbocycles. The lowest BCUT2D eigenvalue weighted by molar-refractivity contribution is 0.114. The largest absolute Gasteiger partial charge is 0.311 e. The number of nitrogens with zero attached hydrogens (tertiary/aromatic N) is 1. The average Bonchev–Trinajstić information content (AvgIpc) is 2.85. The molecule has 0 aromatic heterocycles. The average molecular weight is 222 g/mol. The maximum atomic E-state index is 3.76. The third-order valence-electron chi connectivity index (χ3n) is 5.34. The fourth-order valence-electron chi connectivity index (χ4n) is 3.99. The predicted octanol–water partition coefficient (Wildman–Crippen LogP) is 2.10. The molecule has 16 heavy (non-hydrogen) atoms. The smallest absolute Gasteiger partial charge is 0.0111 e. The first-order chi connectivity index (χ1) is 7.72. The molecule has 3 aliphatic rings. The maximum absolute atomic E-state index is 3.76. The molecule has 0 radical (unpaired) electrons. The summed E-state index contributed by atoms with van der Waals surface area (Å²) in [5, 5.41) is 3.76. The summed E-state index contributed by atoms with van der Waals surface area (Å²) in [6, 6.07) is 1.73. The molecule has 3 rings (SSSR count). The van der Waals surface area contributed by atoms with Gasteiger partial charge in [-0.15, -0.1) is 0 Å². The second-order valence-electron chi connectivity index (χ2n) is 6.55. The zero-order valence-electron chi connectivity index (χ0n) is 10.8. The molecule has 5 unspecified atom stereocenters. The minimum Gasteiger partial charge on any atom is -0.311 e. The summed E-state index contributed by atoms with van der Waals surface area (Å²) in [7, 11) is 0. The van der Waals surface area contributed by atoms with E-state index in [9.17, 15) is 0 Å². The minimum atomic E-state index is 0.861. The molecule has 3 fully saturated rings. The van der Waals surface area contributed by atoms with Gasteiger partial charge in [-0.3, -0.25) is 0 Å². The highest BCUT2D eigenvalue weighted by molar-refractivity contribution is 4.98. The van der Waals surface area contributed by atoms with E-state index in [4.69, 9.17) is 0 Å². The van der Waals surface area contributed by atoms with Crippen LogP contribution in [0.3, 0.4) is 0 Å². The van der Waals surface area contributed by atoms with Crippen molar-refractivity contribution in [1.82, 2.24) is 10.2 Å². The summed E-state index contributed by atoms with van der Waals surface area (Å²) in [5.41, 5.74) is 0. The maximum Gasteiger partial charge on any atom is 0.0111 e. The second-order valence-corrected chi connectivity index (χ2v) is 6.55. The van der Waals surface area contributed by atoms with E-state index in [0.29, 0.717) is 0 Å². The Kier molecular flexibility index (Phi) is 2.97. The number of nitrogens with one attached hydrogen (secondary N) is 1. The van der Waals surface area contributed by atoms with Gasteiger partial charge in [0.25, 0.3) is 0 Å². The lowest BCUT2D eigenvalue weighted by Gasteiger charge is -2.37. The first-order valence-corrected chi connectivity index (χ1v) is 7.21. The lowest BCUT2D eigenvalue weighted by Crippen LogP contribution is -2.43. The molecule has 3 heterocycles. The number of rotatable bonds is 2. The number of piperidine rings is 1. The van der Waals surface area contributed by atoms with Gasteiger partial charge in [-0.25, -0.2) is 0 Å². The summed E-state index contributed by atoms with van der Waals surface area (Å²) in [6.07, 6.45) is 5.74. The zero-order chi connectivity index (χ0) is 11.1. The molecule has 0 aromatic rings. The van der Waals surface area contributed by atoms with Gasteiger partial charge in [0.2, 0.25) is 0 Å². The molecule has 2 nitrogen and oxygen atoms in total. The van der Waals surface area contributed by atoms with Crippen LogP contribution in [0.1, 0.15) is 39.5 Å². The van der Waals surface area contributed by atoms with Crippen molar-refractivity contribution in [2.75, 3.05) is 19.6 Å². The molecular formula is C14H26N2. The minimum absolute atomic E-state index is 0.861. The molecule has 5 atom stereocenters. The summed E-state index contributed by atoms with van der Waals surface area (Å²) in [6.45, 7) is 8.90. The first-order valence-electron chi connectivity index (χ1n) is 7.21. The van der Waals surface area contributed by atoms with E-state index < -0.39 is 0 Å². The predicted molar refractivity (Wildman–Crippen MR) is 67.4 cm³/mol. The molecule has 3 saturated heterocycles. The van der Waals surface area contributed by atoms with Crippen molar-refractivity contribution in [3.05, 3.63) is 0 Å². The molecule has 0 aromatic carbocycles. The highest BCUT2D eigenvalue weighted by atomic mass is 15.2. The molecule has 0 spiro atoms. The van der Waals surface area contributed by atoms with Crippen LogP contribution in [0.2, 0.25) is 0 Å². The van der Waals surface area contributed by atoms with Gasteiger partial charge < -0.3 is 10.2 Å². The Labute approximate surface area is 99.8 Å². The fourth-order valence-corrected chi connectivity index (χ4v) is 3.99. The van der Waals surface area contributed by atoms with Crippen LogP contribution in [-0.4, -0.2) is 36.6 Å². The van der Waals surface area contributed by atoms with Crippen molar-refractivity contribution in [2.24, 2.45) is 17.8 Å². The summed E-state index contributed by atoms with van der Waals surface area (Å²) in [4.78, 5) is 2.73. The van der Waals surface area contributed by atoms with Crippen LogP contribution in [0.25, 0.3) is 0 Å². The number of fused-ring (bicyclic) bond motifs is 2. The van der Waals surface area contributed by atoms with E-state index in [1.54, 1.807) is 0 Å². The third kappa shape index (κ3) is 2.02. The van der Waals surface area contributed by atoms with Crippen molar-refractivity contribution in [2.45, 2.75) is 51.6 Å². The van der Waals surface area contributed by atoms with Crippen LogP contribution < -0.4 is 5.32 Å². The Morgan fingerprint density at radius 3 is 2.62 bits per heavy atom. The summed E-state index contributed by atoms with van der Waals surface area (Å²) in [5.74, 6) is 2.80. The van der Waals surface area contributed by atoms with Gasteiger partial charge in [0, 0.05) is 25.2 Å². The van der Waals surface area contributed by atoms with Crippen LogP contribution in [0.5, 0.6) is 0 Å². The van der Waals surface area contributed by atoms with Crippen LogP contribution in [-0.2, 0) is 0 Å². The van der Waals surface area contributed by atoms with Crippen LogP contribution in [0.15, 0.2) is 0 Å². The Balaban J connectivity index is 1.52. The summed E-state index contributed by atoms with van der Waals surface area (Å²) < 4.78 is 0. The Morgan fingerprint density at radius 1 is 1.12 bits per heavy atom. The monoisotopic (exact) mass is 222 g/mol. The van der Waals surface area contributed by atoms with Crippen molar-refractivity contribution in [3.8, 4) is 0 Å². The molecule has 1 N–H and O–H groups in total. The molecule has 0 aliphatic carbocycles. The zero-order valence-corrected chi connectivity index (χ0v) is 10.8. The van der Waals surface area contributed by atoms with Gasteiger partial charge in [0.1, 0.15) is 0 Å². The number of hydrogen-bond acceptors (Lipinski definition) is 2. The van der Waals surface area contributed by atoms with Crippen molar-refractivity contribution >= 4 is 0 Å². The van der Waals surface area contributed by atoms with Crippen LogP contribution >= 0.6 is 0 Å². The SMILES string of the molecule is CC1CCN(CC2CC3CCC2N3)CC1C. The van der Waals surface area contributed by atoms with Crippen LogP contribution in [0.4, 0.5) is 0 Å². The van der Waals surface area contributed by atoms with Gasteiger partial charge in [-0.05, 0) is 50.0 Å². The highest BCUT2D eigenvalue weighted by Gasteiger charge is 2.39. The van der Waals surface area contributed by atoms with E-state index in [2.05, 4.69) is 24.1 Å². The van der Waals surface area contributed by atoms with E-state index in [1.807, 2.05) is 0 Å². The van der Waals surface area contributed by atoms with Crippen molar-refractivity contribution < 1.29 is 0 Å². The molecule has 0 amide bonds. The van der Waals surface area contributed by atoms with E-state index >= 15 is 0 Å². The van der Waals surface area contributed by atoms with E-state index in [1.165, 1.54) is 45.3 Å². The third-order valence-corrected chi connectivity index (χ3v) is 5.34. The fraction of sp³-hybridized carbons (Fsp3) is 1.00. The normalized spacial score (nSPS) is 48.8. The number of likely N-dealkylation sites (tertiary alicyclic amines) is 1. The van der Waals surface area contributed by atoms with Crippen LogP contribution in [0, 0.1) is 17.8 Å². The van der Waals surface area contributed by atoms with Gasteiger partial charge in [-0.2, -0.15) is 0 Å². The number of hydrogen-bond donors (Lipinski definition) is 1. The topological polar surface area (TPSA) is 15.3 Å². The molecule has 2 heteroatoms. The quantitative estimate of drug-likeness (QED) is 0.770. The van der Waals surface area contributed by atoms with Gasteiger partial charge >= 0.3 is 0 Å². The van der Waals surface area contributed by atoms with Gasteiger partial charge in [0.15, 0.2) is 0 Å². The van der Waals surface area contributed by atoms with E-state index in [-0.39, 0.29) is 0 Å². The standard InChI is InChI=1S/C14H26N2/c1-10-5-6-16(8-11(10)2)9-12-7-13-3-4-14(12)15-13/h10-15H,3-9H2,1-2H3. The molecule has 92 valence electrons. The molecule has 2 bridgehead atoms. The first kappa shape index (κ1) is 11.0. The second kappa shape index (κ2) is 4.30. The Hall–Kier alpha value is -0.0800. The Bertz CT molecular complexity index is 253. The molecular weight excluding hydrogens is 196 g/mol. The lowest BCUT2D eigenvalue weighted by atomic mass is 9.85. The van der Waals surface area contributed by atoms with Crippen molar-refractivity contribution in [1.29, 1.82) is 0 Å².